The van der Waals surface area contributed by atoms with Crippen LogP contribution in [0.15, 0.2) is 36.4 Å². The first-order valence-electron chi connectivity index (χ1n) is 6.67. The molecule has 2 N–H and O–H groups in total. The number of anilines is 1. The molecule has 1 unspecified atom stereocenters. The van der Waals surface area contributed by atoms with Crippen molar-refractivity contribution in [3.63, 3.8) is 0 Å². The average Bonchev–Trinajstić information content (AvgIpc) is 2.44. The van der Waals surface area contributed by atoms with E-state index in [-0.39, 0.29) is 17.5 Å². The van der Waals surface area contributed by atoms with E-state index in [9.17, 15) is 13.9 Å². The molecule has 0 saturated heterocycles. The van der Waals surface area contributed by atoms with Gasteiger partial charge in [0.15, 0.2) is 11.6 Å². The SMILES string of the molecule is Oc1ccc2c(c1)CCCC2Nc1cccc(F)c1F. The zero-order chi connectivity index (χ0) is 14.1. The molecule has 0 aromatic heterocycles. The summed E-state index contributed by atoms with van der Waals surface area (Å²) in [6.45, 7) is 0. The van der Waals surface area contributed by atoms with Gasteiger partial charge in [0.05, 0.1) is 11.7 Å². The summed E-state index contributed by atoms with van der Waals surface area (Å²) in [6, 6.07) is 9.28. The van der Waals surface area contributed by atoms with Crippen LogP contribution in [0.4, 0.5) is 14.5 Å². The first-order chi connectivity index (χ1) is 9.65. The van der Waals surface area contributed by atoms with Gasteiger partial charge >= 0.3 is 0 Å². The van der Waals surface area contributed by atoms with E-state index in [1.165, 1.54) is 12.1 Å². The van der Waals surface area contributed by atoms with Crippen molar-refractivity contribution in [2.24, 2.45) is 0 Å². The summed E-state index contributed by atoms with van der Waals surface area (Å²) < 4.78 is 27.0. The first-order valence-corrected chi connectivity index (χ1v) is 6.67. The highest BCUT2D eigenvalue weighted by molar-refractivity contribution is 5.49. The summed E-state index contributed by atoms with van der Waals surface area (Å²) >= 11 is 0. The molecule has 1 atom stereocenters. The Balaban J connectivity index is 1.91. The van der Waals surface area contributed by atoms with Crippen LogP contribution in [0, 0.1) is 11.6 Å². The minimum Gasteiger partial charge on any atom is -0.508 e. The third-order valence-electron chi connectivity index (χ3n) is 3.72. The second-order valence-electron chi connectivity index (χ2n) is 5.07. The highest BCUT2D eigenvalue weighted by Crippen LogP contribution is 2.34. The first kappa shape index (κ1) is 12.9. The Hall–Kier alpha value is -2.10. The maximum atomic E-state index is 13.7. The maximum Gasteiger partial charge on any atom is 0.181 e. The number of rotatable bonds is 2. The quantitative estimate of drug-likeness (QED) is 0.862. The van der Waals surface area contributed by atoms with E-state index in [0.717, 1.165) is 36.5 Å². The topological polar surface area (TPSA) is 32.3 Å². The van der Waals surface area contributed by atoms with Crippen LogP contribution < -0.4 is 5.32 Å². The van der Waals surface area contributed by atoms with Crippen molar-refractivity contribution in [1.82, 2.24) is 0 Å². The third-order valence-corrected chi connectivity index (χ3v) is 3.72. The normalized spacial score (nSPS) is 17.6. The predicted octanol–water partition coefficient (Wildman–Crippen LogP) is 4.16. The van der Waals surface area contributed by atoms with E-state index in [1.54, 1.807) is 12.1 Å². The van der Waals surface area contributed by atoms with Crippen LogP contribution in [0.5, 0.6) is 5.75 Å². The zero-order valence-electron chi connectivity index (χ0n) is 10.9. The maximum absolute atomic E-state index is 13.7. The Morgan fingerprint density at radius 1 is 1.15 bits per heavy atom. The van der Waals surface area contributed by atoms with Crippen LogP contribution in [0.1, 0.15) is 30.0 Å². The molecule has 1 aliphatic carbocycles. The van der Waals surface area contributed by atoms with Gasteiger partial charge in [0.25, 0.3) is 0 Å². The molecule has 2 aromatic rings. The lowest BCUT2D eigenvalue weighted by Gasteiger charge is -2.27. The van der Waals surface area contributed by atoms with Crippen LogP contribution in [0.2, 0.25) is 0 Å². The van der Waals surface area contributed by atoms with Crippen molar-refractivity contribution in [3.05, 3.63) is 59.2 Å². The van der Waals surface area contributed by atoms with Crippen LogP contribution in [0.3, 0.4) is 0 Å². The second-order valence-corrected chi connectivity index (χ2v) is 5.07. The molecule has 0 amide bonds. The highest BCUT2D eigenvalue weighted by Gasteiger charge is 2.21. The zero-order valence-corrected chi connectivity index (χ0v) is 10.9. The molecule has 0 bridgehead atoms. The van der Waals surface area contributed by atoms with Crippen molar-refractivity contribution in [3.8, 4) is 5.75 Å². The van der Waals surface area contributed by atoms with E-state index >= 15 is 0 Å². The Labute approximate surface area is 116 Å². The van der Waals surface area contributed by atoms with Crippen LogP contribution >= 0.6 is 0 Å². The second kappa shape index (κ2) is 5.12. The number of aromatic hydroxyl groups is 1. The largest absolute Gasteiger partial charge is 0.508 e. The van der Waals surface area contributed by atoms with E-state index in [2.05, 4.69) is 5.32 Å². The standard InChI is InChI=1S/C16H15F2NO/c17-13-4-2-6-15(16(13)18)19-14-5-1-3-10-9-11(20)7-8-12(10)14/h2,4,6-9,14,19-20H,1,3,5H2. The van der Waals surface area contributed by atoms with Crippen LogP contribution in [-0.4, -0.2) is 5.11 Å². The van der Waals surface area contributed by atoms with Gasteiger partial charge in [0.1, 0.15) is 5.75 Å². The Kier molecular flexibility index (Phi) is 3.30. The highest BCUT2D eigenvalue weighted by atomic mass is 19.2. The smallest absolute Gasteiger partial charge is 0.181 e. The number of phenolic OH excluding ortho intramolecular Hbond substituents is 1. The van der Waals surface area contributed by atoms with Crippen molar-refractivity contribution in [1.29, 1.82) is 0 Å². The number of benzene rings is 2. The molecular weight excluding hydrogens is 260 g/mol. The third kappa shape index (κ3) is 2.33. The minimum absolute atomic E-state index is 0.0596. The van der Waals surface area contributed by atoms with E-state index in [1.807, 2.05) is 6.07 Å². The number of phenols is 1. The number of hydrogen-bond acceptors (Lipinski definition) is 2. The predicted molar refractivity (Wildman–Crippen MR) is 73.8 cm³/mol. The van der Waals surface area contributed by atoms with E-state index in [0.29, 0.717) is 0 Å². The number of hydrogen-bond donors (Lipinski definition) is 2. The molecule has 1 aliphatic rings. The number of halogens is 2. The van der Waals surface area contributed by atoms with E-state index < -0.39 is 11.6 Å². The van der Waals surface area contributed by atoms with Gasteiger partial charge in [-0.25, -0.2) is 8.78 Å². The minimum atomic E-state index is -0.850. The van der Waals surface area contributed by atoms with Crippen molar-refractivity contribution < 1.29 is 13.9 Å². The van der Waals surface area contributed by atoms with Gasteiger partial charge < -0.3 is 10.4 Å². The Bertz CT molecular complexity index is 642. The molecule has 3 rings (SSSR count). The lowest BCUT2D eigenvalue weighted by atomic mass is 9.87. The van der Waals surface area contributed by atoms with Crippen LogP contribution in [-0.2, 0) is 6.42 Å². The molecule has 4 heteroatoms. The molecule has 0 spiro atoms. The van der Waals surface area contributed by atoms with Gasteiger partial charge in [0, 0.05) is 0 Å². The molecule has 2 aromatic carbocycles. The lowest BCUT2D eigenvalue weighted by molar-refractivity contribution is 0.472. The molecule has 0 radical (unpaired) electrons. The summed E-state index contributed by atoms with van der Waals surface area (Å²) in [6.07, 6.45) is 2.70. The lowest BCUT2D eigenvalue weighted by Crippen LogP contribution is -2.18. The summed E-state index contributed by atoms with van der Waals surface area (Å²) in [4.78, 5) is 0. The number of fused-ring (bicyclic) bond motifs is 1. The molecular formula is C16H15F2NO. The summed E-state index contributed by atoms with van der Waals surface area (Å²) in [5, 5.41) is 12.6. The molecule has 2 nitrogen and oxygen atoms in total. The van der Waals surface area contributed by atoms with Gasteiger partial charge in [-0.15, -0.1) is 0 Å². The molecule has 0 heterocycles. The van der Waals surface area contributed by atoms with Gasteiger partial charge in [-0.2, -0.15) is 0 Å². The van der Waals surface area contributed by atoms with Gasteiger partial charge in [0.2, 0.25) is 0 Å². The summed E-state index contributed by atoms with van der Waals surface area (Å²) in [5.74, 6) is -1.46. The molecule has 0 saturated carbocycles. The number of aryl methyl sites for hydroxylation is 1. The van der Waals surface area contributed by atoms with Crippen molar-refractivity contribution in [2.75, 3.05) is 5.32 Å². The van der Waals surface area contributed by atoms with Gasteiger partial charge in [-0.3, -0.25) is 0 Å². The Morgan fingerprint density at radius 3 is 2.85 bits per heavy atom. The van der Waals surface area contributed by atoms with Crippen molar-refractivity contribution >= 4 is 5.69 Å². The molecule has 0 fully saturated rings. The summed E-state index contributed by atoms with van der Waals surface area (Å²) in [7, 11) is 0. The van der Waals surface area contributed by atoms with E-state index in [4.69, 9.17) is 0 Å². The molecule has 0 aliphatic heterocycles. The molecule has 20 heavy (non-hydrogen) atoms. The Morgan fingerprint density at radius 2 is 2.00 bits per heavy atom. The fourth-order valence-corrected chi connectivity index (χ4v) is 2.75. The monoisotopic (exact) mass is 275 g/mol. The molecule has 104 valence electrons. The fraction of sp³-hybridized carbons (Fsp3) is 0.250. The van der Waals surface area contributed by atoms with Gasteiger partial charge in [-0.1, -0.05) is 12.1 Å². The average molecular weight is 275 g/mol. The summed E-state index contributed by atoms with van der Waals surface area (Å²) in [5.41, 5.74) is 2.28. The fourth-order valence-electron chi connectivity index (χ4n) is 2.75. The number of nitrogens with one attached hydrogen (secondary N) is 1. The van der Waals surface area contributed by atoms with Crippen molar-refractivity contribution in [2.45, 2.75) is 25.3 Å². The van der Waals surface area contributed by atoms with Crippen LogP contribution in [0.25, 0.3) is 0 Å². The van der Waals surface area contributed by atoms with Gasteiger partial charge in [-0.05, 0) is 54.7 Å².